The van der Waals surface area contributed by atoms with Gasteiger partial charge in [0, 0.05) is 5.56 Å². The predicted octanol–water partition coefficient (Wildman–Crippen LogP) is 3.44. The zero-order valence-corrected chi connectivity index (χ0v) is 12.9. The average molecular weight is 344 g/mol. The maximum atomic E-state index is 12.6. The molecule has 0 aliphatic carbocycles. The zero-order valence-electron chi connectivity index (χ0n) is 12.9. The van der Waals surface area contributed by atoms with Crippen LogP contribution in [0.2, 0.25) is 0 Å². The molecule has 1 aromatic heterocycles. The molecule has 7 heteroatoms. The van der Waals surface area contributed by atoms with Crippen molar-refractivity contribution in [1.82, 2.24) is 4.98 Å². The number of carbonyl (C=O) groups excluding carboxylic acids is 1. The minimum absolute atomic E-state index is 0.343. The molecule has 0 saturated carbocycles. The maximum absolute atomic E-state index is 12.6. The summed E-state index contributed by atoms with van der Waals surface area (Å²) in [7, 11) is 0. The van der Waals surface area contributed by atoms with E-state index < -0.39 is 11.7 Å². The highest BCUT2D eigenvalue weighted by atomic mass is 19.4. The average Bonchev–Trinajstić information content (AvgIpc) is 2.62. The van der Waals surface area contributed by atoms with Crippen LogP contribution in [0, 0.1) is 0 Å². The molecule has 0 aliphatic rings. The maximum Gasteiger partial charge on any atom is 0.416 e. The van der Waals surface area contributed by atoms with E-state index in [9.17, 15) is 18.0 Å². The van der Waals surface area contributed by atoms with Gasteiger partial charge in [0.25, 0.3) is 0 Å². The Labute approximate surface area is 141 Å². The van der Waals surface area contributed by atoms with Crippen molar-refractivity contribution in [2.45, 2.75) is 6.18 Å². The van der Waals surface area contributed by atoms with Crippen molar-refractivity contribution in [3.8, 4) is 11.1 Å². The molecular weight excluding hydrogens is 331 g/mol. The monoisotopic (exact) mass is 344 g/mol. The number of rotatable bonds is 3. The van der Waals surface area contributed by atoms with E-state index in [1.807, 2.05) is 0 Å². The van der Waals surface area contributed by atoms with Crippen molar-refractivity contribution in [3.63, 3.8) is 0 Å². The first-order valence-corrected chi connectivity index (χ1v) is 7.34. The van der Waals surface area contributed by atoms with Crippen LogP contribution in [0.4, 0.5) is 13.2 Å². The smallest absolute Gasteiger partial charge is 0.264 e. The van der Waals surface area contributed by atoms with E-state index >= 15 is 0 Å². The van der Waals surface area contributed by atoms with E-state index in [2.05, 4.69) is 10.4 Å². The molecule has 126 valence electrons. The summed E-state index contributed by atoms with van der Waals surface area (Å²) >= 11 is 0. The van der Waals surface area contributed by atoms with Gasteiger partial charge < -0.3 is 0 Å². The molecule has 4 nitrogen and oxygen atoms in total. The molecule has 0 bridgehead atoms. The van der Waals surface area contributed by atoms with Gasteiger partial charge in [0.05, 0.1) is 18.0 Å². The second-order valence-corrected chi connectivity index (χ2v) is 5.25. The lowest BCUT2D eigenvalue weighted by atomic mass is 10.0. The van der Waals surface area contributed by atoms with Gasteiger partial charge in [-0.25, -0.2) is 0 Å². The summed E-state index contributed by atoms with van der Waals surface area (Å²) in [5.41, 5.74) is 3.59. The number of benzene rings is 2. The predicted molar refractivity (Wildman–Crippen MR) is 85.0 cm³/mol. The minimum atomic E-state index is -4.37. The van der Waals surface area contributed by atoms with Gasteiger partial charge >= 0.3 is 12.1 Å². The molecule has 1 amide bonds. The third kappa shape index (κ3) is 4.00. The molecule has 25 heavy (non-hydrogen) atoms. The fourth-order valence-electron chi connectivity index (χ4n) is 2.27. The SMILES string of the molecule is O=C(N[n+]1ccncc1)c1cccc(-c2ccc(C(F)(F)F)cc2)c1. The normalized spacial score (nSPS) is 11.2. The molecule has 0 unspecified atom stereocenters. The van der Waals surface area contributed by atoms with Crippen molar-refractivity contribution >= 4 is 5.91 Å². The van der Waals surface area contributed by atoms with Crippen LogP contribution in [0.3, 0.4) is 0 Å². The summed E-state index contributed by atoms with van der Waals surface area (Å²) in [4.78, 5) is 16.1. The molecule has 3 aromatic rings. The zero-order chi connectivity index (χ0) is 17.9. The third-order valence-corrected chi connectivity index (χ3v) is 3.53. The van der Waals surface area contributed by atoms with Crippen LogP contribution in [0.25, 0.3) is 11.1 Å². The minimum Gasteiger partial charge on any atom is -0.264 e. The number of nitrogens with one attached hydrogen (secondary N) is 1. The third-order valence-electron chi connectivity index (χ3n) is 3.53. The van der Waals surface area contributed by atoms with Crippen LogP contribution < -0.4 is 10.1 Å². The molecule has 0 atom stereocenters. The molecule has 0 radical (unpaired) electrons. The van der Waals surface area contributed by atoms with E-state index in [-0.39, 0.29) is 5.91 Å². The molecule has 3 rings (SSSR count). The Balaban J connectivity index is 1.83. The Morgan fingerprint density at radius 1 is 0.960 bits per heavy atom. The van der Waals surface area contributed by atoms with Crippen molar-refractivity contribution < 1.29 is 22.6 Å². The fourth-order valence-corrected chi connectivity index (χ4v) is 2.27. The fraction of sp³-hybridized carbons (Fsp3) is 0.0556. The number of halogens is 3. The molecular formula is C18H13F3N3O+. The standard InChI is InChI=1S/C18H12F3N3O/c19-18(20,21)16-6-4-13(5-7-16)14-2-1-3-15(12-14)17(25)23-24-10-8-22-9-11-24/h1-12H/p+1. The lowest BCUT2D eigenvalue weighted by Crippen LogP contribution is -2.47. The summed E-state index contributed by atoms with van der Waals surface area (Å²) in [5.74, 6) is -0.343. The number of alkyl halides is 3. The van der Waals surface area contributed by atoms with Gasteiger partial charge in [-0.3, -0.25) is 9.78 Å². The Kier molecular flexibility index (Phi) is 4.47. The van der Waals surface area contributed by atoms with Crippen LogP contribution in [-0.2, 0) is 6.18 Å². The van der Waals surface area contributed by atoms with Gasteiger partial charge in [-0.05, 0) is 35.4 Å². The molecule has 1 N–H and O–H groups in total. The van der Waals surface area contributed by atoms with Gasteiger partial charge in [-0.1, -0.05) is 28.9 Å². The summed E-state index contributed by atoms with van der Waals surface area (Å²) in [5, 5.41) is 0. The van der Waals surface area contributed by atoms with Crippen molar-refractivity contribution in [2.24, 2.45) is 0 Å². The van der Waals surface area contributed by atoms with Gasteiger partial charge in [-0.2, -0.15) is 13.2 Å². The number of carbonyl (C=O) groups is 1. The lowest BCUT2D eigenvalue weighted by molar-refractivity contribution is -0.641. The van der Waals surface area contributed by atoms with E-state index in [1.54, 1.807) is 36.7 Å². The molecule has 2 aromatic carbocycles. The van der Waals surface area contributed by atoms with Crippen molar-refractivity contribution in [2.75, 3.05) is 5.43 Å². The van der Waals surface area contributed by atoms with E-state index in [0.717, 1.165) is 12.1 Å². The topological polar surface area (TPSA) is 45.9 Å². The lowest BCUT2D eigenvalue weighted by Gasteiger charge is -2.08. The van der Waals surface area contributed by atoms with Crippen LogP contribution in [0.1, 0.15) is 15.9 Å². The highest BCUT2D eigenvalue weighted by Crippen LogP contribution is 2.31. The van der Waals surface area contributed by atoms with Gasteiger partial charge in [0.15, 0.2) is 0 Å². The molecule has 0 saturated heterocycles. The quantitative estimate of drug-likeness (QED) is 0.740. The first-order valence-electron chi connectivity index (χ1n) is 7.34. The number of hydrogen-bond donors (Lipinski definition) is 1. The van der Waals surface area contributed by atoms with Crippen LogP contribution in [0.15, 0.2) is 73.3 Å². The second kappa shape index (κ2) is 6.72. The summed E-state index contributed by atoms with van der Waals surface area (Å²) in [6.07, 6.45) is 1.84. The Hall–Kier alpha value is -3.22. The first kappa shape index (κ1) is 16.6. The number of nitrogens with zero attached hydrogens (tertiary/aromatic N) is 2. The van der Waals surface area contributed by atoms with E-state index in [1.165, 1.54) is 29.2 Å². The Morgan fingerprint density at radius 2 is 1.64 bits per heavy atom. The van der Waals surface area contributed by atoms with Gasteiger partial charge in [0.2, 0.25) is 12.4 Å². The number of aromatic nitrogens is 2. The molecule has 0 aliphatic heterocycles. The first-order chi connectivity index (χ1) is 11.9. The van der Waals surface area contributed by atoms with Crippen LogP contribution in [-0.4, -0.2) is 10.9 Å². The highest BCUT2D eigenvalue weighted by molar-refractivity contribution is 5.99. The van der Waals surface area contributed by atoms with Crippen LogP contribution >= 0.6 is 0 Å². The van der Waals surface area contributed by atoms with E-state index in [0.29, 0.717) is 16.7 Å². The largest absolute Gasteiger partial charge is 0.416 e. The second-order valence-electron chi connectivity index (χ2n) is 5.25. The van der Waals surface area contributed by atoms with Gasteiger partial charge in [0.1, 0.15) is 0 Å². The van der Waals surface area contributed by atoms with Crippen molar-refractivity contribution in [1.29, 1.82) is 0 Å². The summed E-state index contributed by atoms with van der Waals surface area (Å²) in [6, 6.07) is 11.5. The highest BCUT2D eigenvalue weighted by Gasteiger charge is 2.29. The molecule has 1 heterocycles. The number of hydrogen-bond acceptors (Lipinski definition) is 2. The Bertz CT molecular complexity index is 878. The van der Waals surface area contributed by atoms with E-state index in [4.69, 9.17) is 0 Å². The Morgan fingerprint density at radius 3 is 2.28 bits per heavy atom. The van der Waals surface area contributed by atoms with Crippen LogP contribution in [0.5, 0.6) is 0 Å². The molecule has 0 spiro atoms. The summed E-state index contributed by atoms with van der Waals surface area (Å²) in [6.45, 7) is 0. The summed E-state index contributed by atoms with van der Waals surface area (Å²) < 4.78 is 39.4. The van der Waals surface area contributed by atoms with Crippen molar-refractivity contribution in [3.05, 3.63) is 84.4 Å². The van der Waals surface area contributed by atoms with Gasteiger partial charge in [-0.15, -0.1) is 5.43 Å². The number of amides is 1. The molecule has 0 fully saturated rings.